The van der Waals surface area contributed by atoms with Crippen molar-refractivity contribution in [2.24, 2.45) is 0 Å². The fourth-order valence-electron chi connectivity index (χ4n) is 1.32. The lowest BCUT2D eigenvalue weighted by atomic mass is 10.1. The number of carbonyl (C=O) groups excluding carboxylic acids is 1. The van der Waals surface area contributed by atoms with E-state index in [1.54, 1.807) is 12.1 Å². The molecule has 0 spiro atoms. The molecule has 1 heterocycles. The average Bonchev–Trinajstić information content (AvgIpc) is 2.30. The van der Waals surface area contributed by atoms with Crippen LogP contribution < -0.4 is 0 Å². The molecular weight excluding hydrogens is 224 g/mol. The first kappa shape index (κ1) is 10.8. The van der Waals surface area contributed by atoms with Crippen molar-refractivity contribution in [1.29, 1.82) is 0 Å². The van der Waals surface area contributed by atoms with E-state index in [0.717, 1.165) is 5.56 Å². The van der Waals surface area contributed by atoms with Gasteiger partial charge in [-0.25, -0.2) is 9.97 Å². The molecule has 0 saturated heterocycles. The molecule has 0 aliphatic rings. The van der Waals surface area contributed by atoms with Crippen LogP contribution in [0.25, 0.3) is 0 Å². The van der Waals surface area contributed by atoms with E-state index in [2.05, 4.69) is 9.97 Å². The summed E-state index contributed by atoms with van der Waals surface area (Å²) in [7, 11) is 0. The molecule has 0 N–H and O–H groups in total. The quantitative estimate of drug-likeness (QED) is 0.748. The summed E-state index contributed by atoms with van der Waals surface area (Å²) in [6.07, 6.45) is 2.90. The number of carbonyl (C=O) groups is 1. The number of aromatic nitrogens is 2. The highest BCUT2D eigenvalue weighted by molar-refractivity contribution is 6.33. The predicted molar refractivity (Wildman–Crippen MR) is 61.7 cm³/mol. The lowest BCUT2D eigenvalue weighted by Crippen LogP contribution is -2.05. The van der Waals surface area contributed by atoms with Gasteiger partial charge in [-0.15, -0.1) is 0 Å². The van der Waals surface area contributed by atoms with Crippen LogP contribution in [0.4, 0.5) is 0 Å². The summed E-state index contributed by atoms with van der Waals surface area (Å²) in [5.41, 5.74) is 1.85. The third-order valence-corrected chi connectivity index (χ3v) is 2.46. The molecule has 80 valence electrons. The Balaban J connectivity index is 2.40. The number of halogens is 1. The lowest BCUT2D eigenvalue weighted by Gasteiger charge is -2.01. The molecule has 3 nitrogen and oxygen atoms in total. The Labute approximate surface area is 98.1 Å². The Kier molecular flexibility index (Phi) is 2.97. The van der Waals surface area contributed by atoms with Crippen LogP contribution in [0.3, 0.4) is 0 Å². The molecule has 0 saturated carbocycles. The van der Waals surface area contributed by atoms with Crippen molar-refractivity contribution in [3.8, 4) is 0 Å². The predicted octanol–water partition coefficient (Wildman–Crippen LogP) is 2.67. The van der Waals surface area contributed by atoms with Crippen molar-refractivity contribution in [3.63, 3.8) is 0 Å². The zero-order valence-electron chi connectivity index (χ0n) is 8.64. The van der Waals surface area contributed by atoms with Gasteiger partial charge in [0.05, 0.1) is 0 Å². The van der Waals surface area contributed by atoms with E-state index >= 15 is 0 Å². The molecule has 0 aliphatic heterocycles. The number of benzene rings is 1. The number of aryl methyl sites for hydroxylation is 1. The van der Waals surface area contributed by atoms with Crippen LogP contribution in [0.15, 0.2) is 36.7 Å². The van der Waals surface area contributed by atoms with Gasteiger partial charge in [0.1, 0.15) is 5.69 Å². The van der Waals surface area contributed by atoms with Gasteiger partial charge in [0, 0.05) is 18.0 Å². The minimum absolute atomic E-state index is 0.132. The fraction of sp³-hybridized carbons (Fsp3) is 0.0833. The van der Waals surface area contributed by atoms with Crippen LogP contribution in [0.5, 0.6) is 0 Å². The first-order chi connectivity index (χ1) is 7.68. The van der Waals surface area contributed by atoms with Crippen molar-refractivity contribution in [2.45, 2.75) is 6.92 Å². The molecule has 1 aromatic heterocycles. The van der Waals surface area contributed by atoms with E-state index in [4.69, 9.17) is 11.6 Å². The second kappa shape index (κ2) is 4.41. The van der Waals surface area contributed by atoms with Crippen LogP contribution in [0, 0.1) is 6.92 Å². The summed E-state index contributed by atoms with van der Waals surface area (Å²) in [6.45, 7) is 1.96. The SMILES string of the molecule is Cc1ccc(C(=O)c2nccnc2Cl)cc1. The smallest absolute Gasteiger partial charge is 0.214 e. The molecule has 16 heavy (non-hydrogen) atoms. The van der Waals surface area contributed by atoms with Crippen molar-refractivity contribution < 1.29 is 4.79 Å². The van der Waals surface area contributed by atoms with Crippen LogP contribution in [-0.2, 0) is 0 Å². The summed E-state index contributed by atoms with van der Waals surface area (Å²) in [5, 5.41) is 0.132. The zero-order valence-corrected chi connectivity index (χ0v) is 9.40. The minimum Gasteiger partial charge on any atom is -0.287 e. The molecule has 2 aromatic rings. The van der Waals surface area contributed by atoms with E-state index in [1.165, 1.54) is 12.4 Å². The van der Waals surface area contributed by atoms with Crippen molar-refractivity contribution in [3.05, 3.63) is 58.6 Å². The largest absolute Gasteiger partial charge is 0.287 e. The number of hydrogen-bond donors (Lipinski definition) is 0. The van der Waals surface area contributed by atoms with Gasteiger partial charge < -0.3 is 0 Å². The molecule has 0 fully saturated rings. The Morgan fingerprint density at radius 3 is 2.38 bits per heavy atom. The van der Waals surface area contributed by atoms with E-state index in [-0.39, 0.29) is 16.6 Å². The van der Waals surface area contributed by atoms with E-state index in [0.29, 0.717) is 5.56 Å². The van der Waals surface area contributed by atoms with Crippen LogP contribution in [-0.4, -0.2) is 15.8 Å². The molecular formula is C12H9ClN2O. The summed E-state index contributed by atoms with van der Waals surface area (Å²) in [6, 6.07) is 7.25. The number of ketones is 1. The summed E-state index contributed by atoms with van der Waals surface area (Å²) >= 11 is 5.81. The summed E-state index contributed by atoms with van der Waals surface area (Å²) in [5.74, 6) is -0.210. The Hall–Kier alpha value is -1.74. The highest BCUT2D eigenvalue weighted by Crippen LogP contribution is 2.14. The number of nitrogens with zero attached hydrogens (tertiary/aromatic N) is 2. The third-order valence-electron chi connectivity index (χ3n) is 2.18. The number of rotatable bonds is 2. The molecule has 0 unspecified atom stereocenters. The third kappa shape index (κ3) is 2.09. The highest BCUT2D eigenvalue weighted by Gasteiger charge is 2.14. The van der Waals surface area contributed by atoms with Crippen molar-refractivity contribution >= 4 is 17.4 Å². The van der Waals surface area contributed by atoms with Crippen molar-refractivity contribution in [1.82, 2.24) is 9.97 Å². The van der Waals surface area contributed by atoms with E-state index in [1.807, 2.05) is 19.1 Å². The van der Waals surface area contributed by atoms with Crippen LogP contribution in [0.2, 0.25) is 5.15 Å². The first-order valence-electron chi connectivity index (χ1n) is 4.76. The van der Waals surface area contributed by atoms with Gasteiger partial charge >= 0.3 is 0 Å². The topological polar surface area (TPSA) is 42.9 Å². The molecule has 4 heteroatoms. The van der Waals surface area contributed by atoms with Gasteiger partial charge in [-0.05, 0) is 6.92 Å². The van der Waals surface area contributed by atoms with Gasteiger partial charge in [0.2, 0.25) is 5.78 Å². The maximum absolute atomic E-state index is 12.0. The Morgan fingerprint density at radius 2 is 1.75 bits per heavy atom. The summed E-state index contributed by atoms with van der Waals surface area (Å²) in [4.78, 5) is 19.7. The zero-order chi connectivity index (χ0) is 11.5. The lowest BCUT2D eigenvalue weighted by molar-refractivity contribution is 0.103. The minimum atomic E-state index is -0.210. The molecule has 0 radical (unpaired) electrons. The fourth-order valence-corrected chi connectivity index (χ4v) is 1.51. The van der Waals surface area contributed by atoms with Gasteiger partial charge in [0.25, 0.3) is 0 Å². The molecule has 0 atom stereocenters. The van der Waals surface area contributed by atoms with Crippen LogP contribution in [0.1, 0.15) is 21.6 Å². The second-order valence-electron chi connectivity index (χ2n) is 3.39. The molecule has 2 rings (SSSR count). The van der Waals surface area contributed by atoms with Gasteiger partial charge in [-0.1, -0.05) is 41.4 Å². The monoisotopic (exact) mass is 232 g/mol. The Bertz CT molecular complexity index is 523. The first-order valence-corrected chi connectivity index (χ1v) is 5.14. The molecule has 1 aromatic carbocycles. The normalized spacial score (nSPS) is 10.1. The molecule has 0 aliphatic carbocycles. The standard InChI is InChI=1S/C12H9ClN2O/c1-8-2-4-9(5-3-8)11(16)10-12(13)15-7-6-14-10/h2-7H,1H3. The Morgan fingerprint density at radius 1 is 1.12 bits per heavy atom. The van der Waals surface area contributed by atoms with Crippen LogP contribution >= 0.6 is 11.6 Å². The highest BCUT2D eigenvalue weighted by atomic mass is 35.5. The van der Waals surface area contributed by atoms with E-state index < -0.39 is 0 Å². The molecule has 0 bridgehead atoms. The van der Waals surface area contributed by atoms with E-state index in [9.17, 15) is 4.79 Å². The maximum atomic E-state index is 12.0. The summed E-state index contributed by atoms with van der Waals surface area (Å²) < 4.78 is 0. The molecule has 0 amide bonds. The van der Waals surface area contributed by atoms with Gasteiger partial charge in [-0.2, -0.15) is 0 Å². The van der Waals surface area contributed by atoms with Gasteiger partial charge in [0.15, 0.2) is 5.15 Å². The van der Waals surface area contributed by atoms with Gasteiger partial charge in [-0.3, -0.25) is 4.79 Å². The second-order valence-corrected chi connectivity index (χ2v) is 3.75. The maximum Gasteiger partial charge on any atom is 0.214 e. The average molecular weight is 233 g/mol. The van der Waals surface area contributed by atoms with Crippen molar-refractivity contribution in [2.75, 3.05) is 0 Å². The number of hydrogen-bond acceptors (Lipinski definition) is 3.